The average molecular weight is 286 g/mol. The third-order valence-corrected chi connectivity index (χ3v) is 2.82. The summed E-state index contributed by atoms with van der Waals surface area (Å²) in [6.45, 7) is 2.62. The Morgan fingerprint density at radius 1 is 1.10 bits per heavy atom. The van der Waals surface area contributed by atoms with E-state index in [0.29, 0.717) is 35.1 Å². The molecule has 0 unspecified atom stereocenters. The summed E-state index contributed by atoms with van der Waals surface area (Å²) in [6.07, 6.45) is 0.902. The number of nitrogens with two attached hydrogens (primary N) is 2. The van der Waals surface area contributed by atoms with Crippen molar-refractivity contribution in [3.05, 3.63) is 48.0 Å². The maximum absolute atomic E-state index is 11.0. The molecule has 0 heterocycles. The van der Waals surface area contributed by atoms with E-state index in [0.717, 1.165) is 6.42 Å². The lowest BCUT2D eigenvalue weighted by Gasteiger charge is -2.11. The second-order valence-electron chi connectivity index (χ2n) is 4.54. The zero-order valence-corrected chi connectivity index (χ0v) is 11.8. The Bertz CT molecular complexity index is 624. The minimum absolute atomic E-state index is 0.437. The largest absolute Gasteiger partial charge is 0.491 e. The number of primary amides is 1. The molecule has 0 fully saturated rings. The van der Waals surface area contributed by atoms with Crippen molar-refractivity contribution in [1.29, 1.82) is 0 Å². The van der Waals surface area contributed by atoms with Crippen molar-refractivity contribution in [1.82, 2.24) is 0 Å². The maximum Gasteiger partial charge on any atom is 0.248 e. The molecule has 0 saturated carbocycles. The molecule has 0 atom stereocenters. The van der Waals surface area contributed by atoms with Gasteiger partial charge in [0, 0.05) is 11.6 Å². The van der Waals surface area contributed by atoms with Crippen LogP contribution in [0.25, 0.3) is 0 Å². The lowest BCUT2D eigenvalue weighted by Crippen LogP contribution is -2.10. The summed E-state index contributed by atoms with van der Waals surface area (Å²) in [5.74, 6) is 1.35. The number of anilines is 1. The van der Waals surface area contributed by atoms with E-state index < -0.39 is 5.91 Å². The summed E-state index contributed by atoms with van der Waals surface area (Å²) < 4.78 is 11.2. The van der Waals surface area contributed by atoms with Crippen LogP contribution in [0.4, 0.5) is 5.69 Å². The molecule has 21 heavy (non-hydrogen) atoms. The van der Waals surface area contributed by atoms with E-state index in [1.807, 2.05) is 6.92 Å². The van der Waals surface area contributed by atoms with Gasteiger partial charge in [0.05, 0.1) is 12.3 Å². The first-order chi connectivity index (χ1) is 10.1. The van der Waals surface area contributed by atoms with Crippen LogP contribution in [-0.4, -0.2) is 12.5 Å². The molecule has 2 rings (SSSR count). The minimum atomic E-state index is -0.468. The first-order valence-electron chi connectivity index (χ1n) is 6.70. The number of carbonyl (C=O) groups excluding carboxylic acids is 1. The first kappa shape index (κ1) is 14.7. The predicted molar refractivity (Wildman–Crippen MR) is 81.7 cm³/mol. The van der Waals surface area contributed by atoms with Gasteiger partial charge in [0.1, 0.15) is 17.2 Å². The Morgan fingerprint density at radius 2 is 1.76 bits per heavy atom. The number of hydrogen-bond acceptors (Lipinski definition) is 4. The number of nitrogen functional groups attached to an aromatic ring is 1. The van der Waals surface area contributed by atoms with Gasteiger partial charge in [0.2, 0.25) is 5.91 Å². The van der Waals surface area contributed by atoms with Gasteiger partial charge < -0.3 is 20.9 Å². The average Bonchev–Trinajstić information content (AvgIpc) is 2.48. The van der Waals surface area contributed by atoms with Gasteiger partial charge in [-0.15, -0.1) is 0 Å². The standard InChI is InChI=1S/C16H18N2O3/c1-2-9-20-15-10-13(7-8-14(15)17)21-12-5-3-11(4-6-12)16(18)19/h3-8,10H,2,9,17H2,1H3,(H2,18,19). The zero-order chi connectivity index (χ0) is 15.2. The predicted octanol–water partition coefficient (Wildman–Crippen LogP) is 2.95. The third-order valence-electron chi connectivity index (χ3n) is 2.82. The van der Waals surface area contributed by atoms with Gasteiger partial charge >= 0.3 is 0 Å². The molecular weight excluding hydrogens is 268 g/mol. The van der Waals surface area contributed by atoms with Gasteiger partial charge in [-0.05, 0) is 42.8 Å². The lowest BCUT2D eigenvalue weighted by atomic mass is 10.2. The van der Waals surface area contributed by atoms with Gasteiger partial charge in [0.25, 0.3) is 0 Å². The smallest absolute Gasteiger partial charge is 0.248 e. The molecule has 0 saturated heterocycles. The molecule has 5 nitrogen and oxygen atoms in total. The van der Waals surface area contributed by atoms with Gasteiger partial charge in [-0.1, -0.05) is 6.92 Å². The Hall–Kier alpha value is -2.69. The minimum Gasteiger partial charge on any atom is -0.491 e. The molecule has 5 heteroatoms. The van der Waals surface area contributed by atoms with Crippen molar-refractivity contribution in [2.24, 2.45) is 5.73 Å². The Balaban J connectivity index is 2.13. The van der Waals surface area contributed by atoms with Gasteiger partial charge in [-0.3, -0.25) is 4.79 Å². The molecule has 4 N–H and O–H groups in total. The molecule has 0 spiro atoms. The van der Waals surface area contributed by atoms with Crippen LogP contribution in [0.3, 0.4) is 0 Å². The van der Waals surface area contributed by atoms with Gasteiger partial charge in [-0.25, -0.2) is 0 Å². The van der Waals surface area contributed by atoms with Crippen LogP contribution < -0.4 is 20.9 Å². The number of hydrogen-bond donors (Lipinski definition) is 2. The maximum atomic E-state index is 11.0. The van der Waals surface area contributed by atoms with Crippen molar-refractivity contribution in [2.75, 3.05) is 12.3 Å². The summed E-state index contributed by atoms with van der Waals surface area (Å²) >= 11 is 0. The highest BCUT2D eigenvalue weighted by molar-refractivity contribution is 5.92. The fourth-order valence-electron chi connectivity index (χ4n) is 1.74. The van der Waals surface area contributed by atoms with Crippen molar-refractivity contribution < 1.29 is 14.3 Å². The van der Waals surface area contributed by atoms with Crippen LogP contribution >= 0.6 is 0 Å². The van der Waals surface area contributed by atoms with Crippen molar-refractivity contribution in [3.63, 3.8) is 0 Å². The Labute approximate surface area is 123 Å². The molecule has 2 aromatic rings. The van der Waals surface area contributed by atoms with Gasteiger partial charge in [-0.2, -0.15) is 0 Å². The molecule has 1 amide bonds. The number of amides is 1. The van der Waals surface area contributed by atoms with E-state index in [-0.39, 0.29) is 0 Å². The number of benzene rings is 2. The van der Waals surface area contributed by atoms with Crippen LogP contribution in [0.1, 0.15) is 23.7 Å². The first-order valence-corrected chi connectivity index (χ1v) is 6.70. The highest BCUT2D eigenvalue weighted by Crippen LogP contribution is 2.30. The molecule has 0 bridgehead atoms. The highest BCUT2D eigenvalue weighted by atomic mass is 16.5. The quantitative estimate of drug-likeness (QED) is 0.799. The zero-order valence-electron chi connectivity index (χ0n) is 11.8. The van der Waals surface area contributed by atoms with Crippen LogP contribution in [-0.2, 0) is 0 Å². The number of rotatable bonds is 6. The van der Waals surface area contributed by atoms with Crippen molar-refractivity contribution >= 4 is 11.6 Å². The molecule has 2 aromatic carbocycles. The van der Waals surface area contributed by atoms with Crippen LogP contribution in [0.2, 0.25) is 0 Å². The molecule has 0 radical (unpaired) electrons. The van der Waals surface area contributed by atoms with E-state index in [1.54, 1.807) is 42.5 Å². The Kier molecular flexibility index (Phi) is 4.66. The van der Waals surface area contributed by atoms with Crippen LogP contribution in [0.5, 0.6) is 17.2 Å². The van der Waals surface area contributed by atoms with E-state index in [4.69, 9.17) is 20.9 Å². The van der Waals surface area contributed by atoms with Gasteiger partial charge in [0.15, 0.2) is 0 Å². The summed E-state index contributed by atoms with van der Waals surface area (Å²) in [7, 11) is 0. The molecule has 0 aliphatic rings. The molecule has 0 aliphatic carbocycles. The van der Waals surface area contributed by atoms with Crippen LogP contribution in [0.15, 0.2) is 42.5 Å². The lowest BCUT2D eigenvalue weighted by molar-refractivity contribution is 0.100. The summed E-state index contributed by atoms with van der Waals surface area (Å²) in [5, 5.41) is 0. The van der Waals surface area contributed by atoms with Crippen LogP contribution in [0, 0.1) is 0 Å². The van der Waals surface area contributed by atoms with Crippen molar-refractivity contribution in [3.8, 4) is 17.2 Å². The van der Waals surface area contributed by atoms with E-state index >= 15 is 0 Å². The van der Waals surface area contributed by atoms with E-state index in [2.05, 4.69) is 0 Å². The normalized spacial score (nSPS) is 10.1. The molecule has 0 aliphatic heterocycles. The Morgan fingerprint density at radius 3 is 2.38 bits per heavy atom. The summed E-state index contributed by atoms with van der Waals surface area (Å²) in [5.41, 5.74) is 12.0. The third kappa shape index (κ3) is 3.89. The topological polar surface area (TPSA) is 87.6 Å². The highest BCUT2D eigenvalue weighted by Gasteiger charge is 2.05. The fraction of sp³-hybridized carbons (Fsp3) is 0.188. The summed E-state index contributed by atoms with van der Waals surface area (Å²) in [6, 6.07) is 11.8. The number of ether oxygens (including phenoxy) is 2. The fourth-order valence-corrected chi connectivity index (χ4v) is 1.74. The second-order valence-corrected chi connectivity index (χ2v) is 4.54. The number of carbonyl (C=O) groups is 1. The SMILES string of the molecule is CCCOc1cc(Oc2ccc(C(N)=O)cc2)ccc1N. The molecule has 0 aromatic heterocycles. The second kappa shape index (κ2) is 6.65. The molecular formula is C16H18N2O3. The molecule has 110 valence electrons. The van der Waals surface area contributed by atoms with E-state index in [1.165, 1.54) is 0 Å². The summed E-state index contributed by atoms with van der Waals surface area (Å²) in [4.78, 5) is 11.0. The van der Waals surface area contributed by atoms with E-state index in [9.17, 15) is 4.79 Å². The monoisotopic (exact) mass is 286 g/mol. The van der Waals surface area contributed by atoms with Crippen molar-refractivity contribution in [2.45, 2.75) is 13.3 Å².